The number of benzene rings is 1. The fraction of sp³-hybridized carbons (Fsp3) is 0.188. The monoisotopic (exact) mass is 339 g/mol. The van der Waals surface area contributed by atoms with Gasteiger partial charge >= 0.3 is 5.97 Å². The van der Waals surface area contributed by atoms with Gasteiger partial charge in [0, 0.05) is 11.3 Å². The second-order valence-corrected chi connectivity index (χ2v) is 5.26. The highest BCUT2D eigenvalue weighted by molar-refractivity contribution is 6.45. The van der Waals surface area contributed by atoms with Crippen LogP contribution >= 0.6 is 0 Å². The molecule has 9 heteroatoms. The lowest BCUT2D eigenvalue weighted by atomic mass is 10.2. The lowest BCUT2D eigenvalue weighted by Gasteiger charge is -2.09. The van der Waals surface area contributed by atoms with E-state index in [1.165, 1.54) is 0 Å². The number of rotatable bonds is 6. The van der Waals surface area contributed by atoms with Crippen LogP contribution in [-0.2, 0) is 11.3 Å². The van der Waals surface area contributed by atoms with Gasteiger partial charge in [-0.15, -0.1) is 0 Å². The average molecular weight is 339 g/mol. The number of carbonyl (C=O) groups is 1. The smallest absolute Gasteiger partial charge is 0.323 e. The molecular formula is C16H17N7O2. The first-order valence-electron chi connectivity index (χ1n) is 7.27. The maximum absolute atomic E-state index is 11.1. The van der Waals surface area contributed by atoms with Crippen LogP contribution < -0.4 is 11.2 Å². The number of anilines is 1. The van der Waals surface area contributed by atoms with Gasteiger partial charge in [0.2, 0.25) is 5.71 Å². The van der Waals surface area contributed by atoms with E-state index in [2.05, 4.69) is 15.5 Å². The predicted molar refractivity (Wildman–Crippen MR) is 93.4 cm³/mol. The molecule has 5 N–H and O–H groups in total. The molecule has 0 aliphatic rings. The molecule has 25 heavy (non-hydrogen) atoms. The Morgan fingerprint density at radius 3 is 2.84 bits per heavy atom. The number of carboxylic acids is 1. The van der Waals surface area contributed by atoms with Gasteiger partial charge in [-0.2, -0.15) is 10.4 Å². The SMILES string of the molecule is Cc1nc(-c2cccc(N/N=C(\C#N)C(=N)N)c2)n(CC(=O)O)c1C. The summed E-state index contributed by atoms with van der Waals surface area (Å²) in [6.45, 7) is 3.43. The summed E-state index contributed by atoms with van der Waals surface area (Å²) in [6.07, 6.45) is 0. The zero-order valence-electron chi connectivity index (χ0n) is 13.7. The predicted octanol–water partition coefficient (Wildman–Crippen LogP) is 1.48. The minimum absolute atomic E-state index is 0.194. The van der Waals surface area contributed by atoms with Crippen molar-refractivity contribution in [1.29, 1.82) is 10.7 Å². The lowest BCUT2D eigenvalue weighted by Crippen LogP contribution is -2.21. The minimum atomic E-state index is -0.958. The Kier molecular flexibility index (Phi) is 5.14. The van der Waals surface area contributed by atoms with Gasteiger partial charge in [-0.1, -0.05) is 12.1 Å². The second-order valence-electron chi connectivity index (χ2n) is 5.26. The van der Waals surface area contributed by atoms with Crippen molar-refractivity contribution in [2.45, 2.75) is 20.4 Å². The molecule has 0 radical (unpaired) electrons. The summed E-state index contributed by atoms with van der Waals surface area (Å²) in [5, 5.41) is 29.0. The molecule has 0 aliphatic heterocycles. The summed E-state index contributed by atoms with van der Waals surface area (Å²) in [5.41, 5.74) is 10.4. The van der Waals surface area contributed by atoms with E-state index in [9.17, 15) is 4.79 Å². The number of nitriles is 1. The Labute approximate surface area is 143 Å². The highest BCUT2D eigenvalue weighted by Crippen LogP contribution is 2.24. The molecule has 0 amide bonds. The van der Waals surface area contributed by atoms with Crippen LogP contribution in [0.4, 0.5) is 5.69 Å². The van der Waals surface area contributed by atoms with Crippen LogP contribution in [0.5, 0.6) is 0 Å². The summed E-state index contributed by atoms with van der Waals surface area (Å²) in [6, 6.07) is 8.69. The third-order valence-electron chi connectivity index (χ3n) is 3.53. The van der Waals surface area contributed by atoms with E-state index in [-0.39, 0.29) is 12.3 Å². The number of nitrogens with one attached hydrogen (secondary N) is 2. The molecule has 0 atom stereocenters. The number of hydrogen-bond acceptors (Lipinski definition) is 6. The van der Waals surface area contributed by atoms with E-state index in [1.54, 1.807) is 34.9 Å². The fourth-order valence-electron chi connectivity index (χ4n) is 2.20. The molecule has 1 heterocycles. The van der Waals surface area contributed by atoms with Crippen molar-refractivity contribution < 1.29 is 9.90 Å². The van der Waals surface area contributed by atoms with E-state index < -0.39 is 11.8 Å². The van der Waals surface area contributed by atoms with E-state index in [1.807, 2.05) is 13.8 Å². The van der Waals surface area contributed by atoms with Gasteiger partial charge in [0.15, 0.2) is 5.84 Å². The average Bonchev–Trinajstić information content (AvgIpc) is 2.83. The van der Waals surface area contributed by atoms with Crippen molar-refractivity contribution in [2.75, 3.05) is 5.43 Å². The summed E-state index contributed by atoms with van der Waals surface area (Å²) < 4.78 is 1.62. The van der Waals surface area contributed by atoms with Crippen LogP contribution in [0.25, 0.3) is 11.4 Å². The van der Waals surface area contributed by atoms with Crippen LogP contribution in [0.15, 0.2) is 29.4 Å². The minimum Gasteiger partial charge on any atom is -0.480 e. The molecule has 0 fully saturated rings. The normalized spacial score (nSPS) is 11.0. The van der Waals surface area contributed by atoms with Crippen molar-refractivity contribution in [2.24, 2.45) is 10.8 Å². The summed E-state index contributed by atoms with van der Waals surface area (Å²) in [7, 11) is 0. The number of carboxylic acid groups (broad SMARTS) is 1. The van der Waals surface area contributed by atoms with Gasteiger partial charge in [0.25, 0.3) is 0 Å². The maximum Gasteiger partial charge on any atom is 0.323 e. The van der Waals surface area contributed by atoms with Gasteiger partial charge in [0.1, 0.15) is 18.4 Å². The van der Waals surface area contributed by atoms with E-state index in [0.717, 1.165) is 11.4 Å². The third kappa shape index (κ3) is 4.00. The Bertz CT molecular complexity index is 906. The number of imidazole rings is 1. The second kappa shape index (κ2) is 7.27. The number of amidine groups is 1. The number of aryl methyl sites for hydroxylation is 1. The number of nitrogens with zero attached hydrogens (tertiary/aromatic N) is 4. The molecule has 1 aromatic heterocycles. The molecule has 0 spiro atoms. The van der Waals surface area contributed by atoms with Gasteiger partial charge in [-0.25, -0.2) is 4.98 Å². The summed E-state index contributed by atoms with van der Waals surface area (Å²) in [4.78, 5) is 15.6. The Balaban J connectivity index is 2.40. The van der Waals surface area contributed by atoms with Gasteiger partial charge in [-0.3, -0.25) is 15.6 Å². The molecular weight excluding hydrogens is 322 g/mol. The molecule has 0 bridgehead atoms. The van der Waals surface area contributed by atoms with Gasteiger partial charge in [0.05, 0.1) is 11.4 Å². The van der Waals surface area contributed by atoms with Crippen molar-refractivity contribution in [3.63, 3.8) is 0 Å². The molecule has 1 aromatic carbocycles. The fourth-order valence-corrected chi connectivity index (χ4v) is 2.20. The number of hydrazone groups is 1. The van der Waals surface area contributed by atoms with Crippen LogP contribution in [0.3, 0.4) is 0 Å². The molecule has 9 nitrogen and oxygen atoms in total. The van der Waals surface area contributed by atoms with Gasteiger partial charge in [-0.05, 0) is 26.0 Å². The molecule has 0 unspecified atom stereocenters. The van der Waals surface area contributed by atoms with E-state index in [0.29, 0.717) is 17.1 Å². The Morgan fingerprint density at radius 1 is 1.52 bits per heavy atom. The van der Waals surface area contributed by atoms with Crippen LogP contribution in [0.2, 0.25) is 0 Å². The maximum atomic E-state index is 11.1. The highest BCUT2D eigenvalue weighted by atomic mass is 16.4. The van der Waals surface area contributed by atoms with Crippen molar-refractivity contribution in [3.8, 4) is 17.5 Å². The van der Waals surface area contributed by atoms with Crippen molar-refractivity contribution in [3.05, 3.63) is 35.7 Å². The van der Waals surface area contributed by atoms with Crippen molar-refractivity contribution >= 4 is 23.2 Å². The topological polar surface area (TPSA) is 153 Å². The lowest BCUT2D eigenvalue weighted by molar-refractivity contribution is -0.137. The number of aromatic nitrogens is 2. The zero-order chi connectivity index (χ0) is 18.6. The summed E-state index contributed by atoms with van der Waals surface area (Å²) >= 11 is 0. The standard InChI is InChI=1S/C16H17N7O2/c1-9-10(2)23(8-14(24)25)16(20-9)11-4-3-5-12(6-11)21-22-13(7-17)15(18)19/h3-6,21H,8H2,1-2H3,(H3,18,19)(H,24,25)/b22-13+. The largest absolute Gasteiger partial charge is 0.480 e. The van der Waals surface area contributed by atoms with Crippen LogP contribution in [-0.4, -0.2) is 32.2 Å². The first kappa shape index (κ1) is 17.7. The molecule has 128 valence electrons. The number of aliphatic carboxylic acids is 1. The summed E-state index contributed by atoms with van der Waals surface area (Å²) in [5.74, 6) is -0.868. The van der Waals surface area contributed by atoms with Crippen molar-refractivity contribution in [1.82, 2.24) is 9.55 Å². The van der Waals surface area contributed by atoms with E-state index in [4.69, 9.17) is 21.5 Å². The molecule has 2 aromatic rings. The molecule has 0 aliphatic carbocycles. The van der Waals surface area contributed by atoms with E-state index >= 15 is 0 Å². The molecule has 0 saturated carbocycles. The molecule has 2 rings (SSSR count). The first-order chi connectivity index (χ1) is 11.8. The van der Waals surface area contributed by atoms with Gasteiger partial charge < -0.3 is 15.4 Å². The van der Waals surface area contributed by atoms with Crippen LogP contribution in [0.1, 0.15) is 11.4 Å². The number of hydrogen-bond donors (Lipinski definition) is 4. The quantitative estimate of drug-likeness (QED) is 0.355. The van der Waals surface area contributed by atoms with Crippen LogP contribution in [0, 0.1) is 30.6 Å². The Morgan fingerprint density at radius 2 is 2.24 bits per heavy atom. The first-order valence-corrected chi connectivity index (χ1v) is 7.27. The molecule has 0 saturated heterocycles. The highest BCUT2D eigenvalue weighted by Gasteiger charge is 2.15. The third-order valence-corrected chi connectivity index (χ3v) is 3.53. The Hall–Kier alpha value is -3.67. The number of nitrogens with two attached hydrogens (primary N) is 1. The zero-order valence-corrected chi connectivity index (χ0v) is 13.7.